The van der Waals surface area contributed by atoms with Crippen LogP contribution in [0.5, 0.6) is 5.88 Å². The van der Waals surface area contributed by atoms with Gasteiger partial charge in [-0.1, -0.05) is 6.92 Å². The van der Waals surface area contributed by atoms with Crippen LogP contribution in [0.4, 0.5) is 5.82 Å². The molecule has 1 fully saturated rings. The maximum Gasteiger partial charge on any atom is 0.213 e. The van der Waals surface area contributed by atoms with Crippen LogP contribution in [0.25, 0.3) is 11.1 Å². The molecule has 0 aliphatic carbocycles. The maximum absolute atomic E-state index is 6.20. The van der Waals surface area contributed by atoms with Crippen molar-refractivity contribution in [2.45, 2.75) is 32.4 Å². The summed E-state index contributed by atoms with van der Waals surface area (Å²) in [4.78, 5) is 11.0. The van der Waals surface area contributed by atoms with Gasteiger partial charge in [-0.05, 0) is 37.1 Å². The van der Waals surface area contributed by atoms with Crippen molar-refractivity contribution < 1.29 is 9.47 Å². The SMILES string of the molecule is CCCO[C@H]1CN(c2ccc(-c3ccnc(OCC)c3)cn2)C[C@@H]1N. The molecule has 0 aromatic carbocycles. The van der Waals surface area contributed by atoms with E-state index in [2.05, 4.69) is 27.9 Å². The molecule has 0 amide bonds. The highest BCUT2D eigenvalue weighted by Crippen LogP contribution is 2.25. The predicted octanol–water partition coefficient (Wildman–Crippen LogP) is 2.48. The number of pyridine rings is 2. The molecule has 0 unspecified atom stereocenters. The summed E-state index contributed by atoms with van der Waals surface area (Å²) in [5.41, 5.74) is 8.28. The van der Waals surface area contributed by atoms with E-state index in [-0.39, 0.29) is 12.1 Å². The molecule has 25 heavy (non-hydrogen) atoms. The van der Waals surface area contributed by atoms with Crippen LogP contribution in [0.1, 0.15) is 20.3 Å². The van der Waals surface area contributed by atoms with Crippen molar-refractivity contribution in [3.8, 4) is 17.0 Å². The van der Waals surface area contributed by atoms with E-state index in [0.29, 0.717) is 12.5 Å². The van der Waals surface area contributed by atoms with Gasteiger partial charge in [-0.3, -0.25) is 0 Å². The summed E-state index contributed by atoms with van der Waals surface area (Å²) < 4.78 is 11.3. The molecule has 2 N–H and O–H groups in total. The normalized spacial score (nSPS) is 20.0. The fraction of sp³-hybridized carbons (Fsp3) is 0.474. The maximum atomic E-state index is 6.20. The van der Waals surface area contributed by atoms with Gasteiger partial charge < -0.3 is 20.1 Å². The lowest BCUT2D eigenvalue weighted by Gasteiger charge is -2.17. The first-order chi connectivity index (χ1) is 12.2. The van der Waals surface area contributed by atoms with Crippen molar-refractivity contribution >= 4 is 5.82 Å². The second kappa shape index (κ2) is 8.27. The van der Waals surface area contributed by atoms with E-state index in [9.17, 15) is 0 Å². The van der Waals surface area contributed by atoms with E-state index in [4.69, 9.17) is 15.2 Å². The smallest absolute Gasteiger partial charge is 0.213 e. The number of hydrogen-bond donors (Lipinski definition) is 1. The molecule has 2 aromatic rings. The number of rotatable bonds is 7. The lowest BCUT2D eigenvalue weighted by Crippen LogP contribution is -2.35. The highest BCUT2D eigenvalue weighted by Gasteiger charge is 2.31. The fourth-order valence-corrected chi connectivity index (χ4v) is 2.99. The Bertz CT molecular complexity index is 677. The largest absolute Gasteiger partial charge is 0.478 e. The molecule has 2 atom stereocenters. The van der Waals surface area contributed by atoms with Crippen LogP contribution < -0.4 is 15.4 Å². The zero-order valence-corrected chi connectivity index (χ0v) is 14.9. The summed E-state index contributed by atoms with van der Waals surface area (Å²) >= 11 is 0. The first-order valence-corrected chi connectivity index (χ1v) is 8.88. The summed E-state index contributed by atoms with van der Waals surface area (Å²) in [6, 6.07) is 8.02. The van der Waals surface area contributed by atoms with Crippen molar-refractivity contribution in [3.05, 3.63) is 36.7 Å². The minimum absolute atomic E-state index is 0.0296. The third kappa shape index (κ3) is 4.27. The Morgan fingerprint density at radius 2 is 2.04 bits per heavy atom. The lowest BCUT2D eigenvalue weighted by molar-refractivity contribution is 0.0586. The van der Waals surface area contributed by atoms with Crippen LogP contribution in [-0.4, -0.2) is 48.4 Å². The monoisotopic (exact) mass is 342 g/mol. The minimum Gasteiger partial charge on any atom is -0.478 e. The van der Waals surface area contributed by atoms with E-state index in [1.165, 1.54) is 0 Å². The van der Waals surface area contributed by atoms with E-state index in [1.54, 1.807) is 6.20 Å². The molecule has 1 aliphatic heterocycles. The second-order valence-corrected chi connectivity index (χ2v) is 6.20. The van der Waals surface area contributed by atoms with E-state index in [0.717, 1.165) is 43.1 Å². The summed E-state index contributed by atoms with van der Waals surface area (Å²) in [5.74, 6) is 1.56. The number of anilines is 1. The predicted molar refractivity (Wildman–Crippen MR) is 98.9 cm³/mol. The minimum atomic E-state index is 0.0296. The molecule has 6 nitrogen and oxygen atoms in total. The topological polar surface area (TPSA) is 73.5 Å². The Balaban J connectivity index is 1.69. The first kappa shape index (κ1) is 17.6. The zero-order valence-electron chi connectivity index (χ0n) is 14.9. The Morgan fingerprint density at radius 1 is 1.16 bits per heavy atom. The van der Waals surface area contributed by atoms with E-state index >= 15 is 0 Å². The molecule has 3 rings (SSSR count). The van der Waals surface area contributed by atoms with Gasteiger partial charge in [0, 0.05) is 43.7 Å². The van der Waals surface area contributed by atoms with Crippen molar-refractivity contribution in [2.24, 2.45) is 5.73 Å². The van der Waals surface area contributed by atoms with Crippen LogP contribution in [0.15, 0.2) is 36.7 Å². The highest BCUT2D eigenvalue weighted by atomic mass is 16.5. The van der Waals surface area contributed by atoms with Gasteiger partial charge in [0.2, 0.25) is 5.88 Å². The molecule has 1 aliphatic rings. The standard InChI is InChI=1S/C19H26N4O2/c1-3-9-25-17-13-23(12-16(17)20)18-6-5-15(11-22-18)14-7-8-21-19(10-14)24-4-2/h5-8,10-11,16-17H,3-4,9,12-13,20H2,1-2H3/t16-,17-/m0/s1. The van der Waals surface area contributed by atoms with Gasteiger partial charge in [0.15, 0.2) is 0 Å². The number of ether oxygens (including phenoxy) is 2. The van der Waals surface area contributed by atoms with Gasteiger partial charge in [-0.2, -0.15) is 0 Å². The highest BCUT2D eigenvalue weighted by molar-refractivity contribution is 5.64. The summed E-state index contributed by atoms with van der Waals surface area (Å²) in [6.07, 6.45) is 4.72. The third-order valence-corrected chi connectivity index (χ3v) is 4.28. The molecule has 6 heteroatoms. The molecule has 2 aromatic heterocycles. The molecule has 3 heterocycles. The quantitative estimate of drug-likeness (QED) is 0.833. The first-order valence-electron chi connectivity index (χ1n) is 8.88. The summed E-state index contributed by atoms with van der Waals surface area (Å²) in [6.45, 7) is 6.96. The molecule has 0 spiro atoms. The van der Waals surface area contributed by atoms with Gasteiger partial charge in [-0.25, -0.2) is 9.97 Å². The second-order valence-electron chi connectivity index (χ2n) is 6.20. The third-order valence-electron chi connectivity index (χ3n) is 4.28. The summed E-state index contributed by atoms with van der Waals surface area (Å²) in [5, 5.41) is 0. The van der Waals surface area contributed by atoms with Crippen LogP contribution in [0.3, 0.4) is 0 Å². The summed E-state index contributed by atoms with van der Waals surface area (Å²) in [7, 11) is 0. The molecular formula is C19H26N4O2. The van der Waals surface area contributed by atoms with Gasteiger partial charge in [0.1, 0.15) is 5.82 Å². The van der Waals surface area contributed by atoms with E-state index < -0.39 is 0 Å². The van der Waals surface area contributed by atoms with Crippen molar-refractivity contribution in [1.29, 1.82) is 0 Å². The molecule has 1 saturated heterocycles. The lowest BCUT2D eigenvalue weighted by atomic mass is 10.1. The van der Waals surface area contributed by atoms with E-state index in [1.807, 2.05) is 31.3 Å². The Labute approximate surface area is 149 Å². The molecule has 134 valence electrons. The average molecular weight is 342 g/mol. The Kier molecular flexibility index (Phi) is 5.83. The number of hydrogen-bond acceptors (Lipinski definition) is 6. The van der Waals surface area contributed by atoms with Crippen molar-refractivity contribution in [3.63, 3.8) is 0 Å². The molecule has 0 saturated carbocycles. The molecule has 0 radical (unpaired) electrons. The van der Waals surface area contributed by atoms with Crippen LogP contribution in [-0.2, 0) is 4.74 Å². The van der Waals surface area contributed by atoms with Crippen molar-refractivity contribution in [2.75, 3.05) is 31.2 Å². The van der Waals surface area contributed by atoms with Crippen molar-refractivity contribution in [1.82, 2.24) is 9.97 Å². The fourth-order valence-electron chi connectivity index (χ4n) is 2.99. The van der Waals surface area contributed by atoms with Gasteiger partial charge in [-0.15, -0.1) is 0 Å². The number of nitrogens with zero attached hydrogens (tertiary/aromatic N) is 3. The van der Waals surface area contributed by atoms with Crippen LogP contribution >= 0.6 is 0 Å². The van der Waals surface area contributed by atoms with Crippen LogP contribution in [0.2, 0.25) is 0 Å². The molecular weight excluding hydrogens is 316 g/mol. The number of nitrogens with two attached hydrogens (primary N) is 1. The Morgan fingerprint density at radius 3 is 2.76 bits per heavy atom. The van der Waals surface area contributed by atoms with Gasteiger partial charge in [0.05, 0.1) is 18.8 Å². The Hall–Kier alpha value is -2.18. The van der Waals surface area contributed by atoms with Crippen LogP contribution in [0, 0.1) is 0 Å². The molecule has 0 bridgehead atoms. The van der Waals surface area contributed by atoms with Gasteiger partial charge in [0.25, 0.3) is 0 Å². The zero-order chi connectivity index (χ0) is 17.6. The van der Waals surface area contributed by atoms with Gasteiger partial charge >= 0.3 is 0 Å². The number of aromatic nitrogens is 2. The average Bonchev–Trinajstić information content (AvgIpc) is 3.01.